The van der Waals surface area contributed by atoms with Gasteiger partial charge in [-0.1, -0.05) is 30.3 Å². The summed E-state index contributed by atoms with van der Waals surface area (Å²) >= 11 is 0. The Hall–Kier alpha value is -1.43. The van der Waals surface area contributed by atoms with Gasteiger partial charge < -0.3 is 10.4 Å². The number of carbonyl (C=O) groups is 1. The number of hydrogen-bond donors (Lipinski definition) is 2. The van der Waals surface area contributed by atoms with Crippen LogP contribution in [-0.4, -0.2) is 65.2 Å². The summed E-state index contributed by atoms with van der Waals surface area (Å²) in [6.07, 6.45) is 0.987. The molecule has 2 atom stereocenters. The minimum absolute atomic E-state index is 0.0355. The summed E-state index contributed by atoms with van der Waals surface area (Å²) < 4.78 is 0. The van der Waals surface area contributed by atoms with E-state index in [1.54, 1.807) is 13.8 Å². The maximum absolute atomic E-state index is 12.4. The molecule has 1 aliphatic heterocycles. The van der Waals surface area contributed by atoms with Gasteiger partial charge in [-0.2, -0.15) is 0 Å². The molecule has 0 aliphatic carbocycles. The topological polar surface area (TPSA) is 55.8 Å². The first-order chi connectivity index (χ1) is 11.2. The SMILES string of the molecule is CC(C(=O)NC1CCN(Cc2ccccc2)C1)N(C)CC(C)(C)O. The summed E-state index contributed by atoms with van der Waals surface area (Å²) in [4.78, 5) is 16.7. The molecule has 1 aliphatic rings. The van der Waals surface area contributed by atoms with Crippen LogP contribution in [0.5, 0.6) is 0 Å². The summed E-state index contributed by atoms with van der Waals surface area (Å²) in [6, 6.07) is 10.4. The van der Waals surface area contributed by atoms with Gasteiger partial charge in [0.2, 0.25) is 5.91 Å². The lowest BCUT2D eigenvalue weighted by Crippen LogP contribution is -2.50. The molecule has 0 bridgehead atoms. The minimum atomic E-state index is -0.802. The molecule has 2 unspecified atom stereocenters. The van der Waals surface area contributed by atoms with Crippen LogP contribution in [-0.2, 0) is 11.3 Å². The molecule has 5 heteroatoms. The van der Waals surface area contributed by atoms with Crippen LogP contribution in [0.4, 0.5) is 0 Å². The summed E-state index contributed by atoms with van der Waals surface area (Å²) in [7, 11) is 1.87. The second kappa shape index (κ2) is 8.10. The summed E-state index contributed by atoms with van der Waals surface area (Å²) in [5, 5.41) is 13.1. The smallest absolute Gasteiger partial charge is 0.237 e. The zero-order valence-corrected chi connectivity index (χ0v) is 15.3. The lowest BCUT2D eigenvalue weighted by Gasteiger charge is -2.30. The zero-order valence-electron chi connectivity index (χ0n) is 15.3. The molecule has 1 fully saturated rings. The van der Waals surface area contributed by atoms with E-state index in [9.17, 15) is 9.90 Å². The Labute approximate surface area is 145 Å². The van der Waals surface area contributed by atoms with Gasteiger partial charge >= 0.3 is 0 Å². The molecule has 1 aromatic rings. The van der Waals surface area contributed by atoms with Crippen molar-refractivity contribution in [1.82, 2.24) is 15.1 Å². The molecule has 0 spiro atoms. The van der Waals surface area contributed by atoms with Gasteiger partial charge in [0.15, 0.2) is 0 Å². The molecule has 0 aromatic heterocycles. The average Bonchev–Trinajstić information content (AvgIpc) is 2.92. The number of likely N-dealkylation sites (tertiary alicyclic amines) is 1. The van der Waals surface area contributed by atoms with E-state index >= 15 is 0 Å². The van der Waals surface area contributed by atoms with E-state index in [2.05, 4.69) is 34.5 Å². The van der Waals surface area contributed by atoms with Crippen molar-refractivity contribution in [2.45, 2.75) is 51.4 Å². The van der Waals surface area contributed by atoms with Crippen molar-refractivity contribution in [3.8, 4) is 0 Å². The van der Waals surface area contributed by atoms with Crippen LogP contribution >= 0.6 is 0 Å². The van der Waals surface area contributed by atoms with Gasteiger partial charge in [-0.15, -0.1) is 0 Å². The first kappa shape index (κ1) is 18.9. The maximum Gasteiger partial charge on any atom is 0.237 e. The van der Waals surface area contributed by atoms with Crippen LogP contribution in [0.15, 0.2) is 30.3 Å². The van der Waals surface area contributed by atoms with Crippen molar-refractivity contribution >= 4 is 5.91 Å². The Kier molecular flexibility index (Phi) is 6.38. The Balaban J connectivity index is 1.78. The van der Waals surface area contributed by atoms with E-state index in [0.29, 0.717) is 6.54 Å². The minimum Gasteiger partial charge on any atom is -0.389 e. The van der Waals surface area contributed by atoms with Crippen LogP contribution < -0.4 is 5.32 Å². The molecule has 0 saturated carbocycles. The molecule has 1 heterocycles. The van der Waals surface area contributed by atoms with Gasteiger partial charge in [0.25, 0.3) is 0 Å². The number of likely N-dealkylation sites (N-methyl/N-ethyl adjacent to an activating group) is 1. The van der Waals surface area contributed by atoms with E-state index in [1.807, 2.05) is 24.9 Å². The summed E-state index contributed by atoms with van der Waals surface area (Å²) in [5.74, 6) is 0.0355. The first-order valence-electron chi connectivity index (χ1n) is 8.74. The third-order valence-electron chi connectivity index (χ3n) is 4.54. The quantitative estimate of drug-likeness (QED) is 0.793. The van der Waals surface area contributed by atoms with Crippen molar-refractivity contribution in [2.75, 3.05) is 26.7 Å². The summed E-state index contributed by atoms with van der Waals surface area (Å²) in [6.45, 7) is 8.70. The Bertz CT molecular complexity index is 527. The Morgan fingerprint density at radius 1 is 1.42 bits per heavy atom. The van der Waals surface area contributed by atoms with Crippen molar-refractivity contribution in [3.05, 3.63) is 35.9 Å². The number of nitrogens with zero attached hydrogens (tertiary/aromatic N) is 2. The molecule has 0 radical (unpaired) electrons. The third-order valence-corrected chi connectivity index (χ3v) is 4.54. The molecule has 1 saturated heterocycles. The molecule has 2 N–H and O–H groups in total. The van der Waals surface area contributed by atoms with Gasteiger partial charge in [-0.3, -0.25) is 14.6 Å². The van der Waals surface area contributed by atoms with Crippen molar-refractivity contribution in [1.29, 1.82) is 0 Å². The highest BCUT2D eigenvalue weighted by molar-refractivity contribution is 5.81. The number of aliphatic hydroxyl groups is 1. The standard InChI is InChI=1S/C19H31N3O2/c1-15(21(4)14-19(2,3)24)18(23)20-17-10-11-22(13-17)12-16-8-6-5-7-9-16/h5-9,15,17,24H,10-14H2,1-4H3,(H,20,23). The van der Waals surface area contributed by atoms with E-state index < -0.39 is 5.60 Å². The second-order valence-corrected chi connectivity index (χ2v) is 7.62. The predicted molar refractivity (Wildman–Crippen MR) is 96.7 cm³/mol. The number of amides is 1. The molecule has 5 nitrogen and oxygen atoms in total. The van der Waals surface area contributed by atoms with Crippen molar-refractivity contribution < 1.29 is 9.90 Å². The highest BCUT2D eigenvalue weighted by Crippen LogP contribution is 2.14. The van der Waals surface area contributed by atoms with Gasteiger partial charge in [-0.25, -0.2) is 0 Å². The van der Waals surface area contributed by atoms with Crippen molar-refractivity contribution in [2.24, 2.45) is 0 Å². The Morgan fingerprint density at radius 3 is 2.71 bits per heavy atom. The van der Waals surface area contributed by atoms with Crippen LogP contribution in [0, 0.1) is 0 Å². The highest BCUT2D eigenvalue weighted by atomic mass is 16.3. The fourth-order valence-corrected chi connectivity index (χ4v) is 3.20. The predicted octanol–water partition coefficient (Wildman–Crippen LogP) is 1.47. The van der Waals surface area contributed by atoms with Gasteiger partial charge in [0.05, 0.1) is 11.6 Å². The number of rotatable bonds is 7. The van der Waals surface area contributed by atoms with E-state index in [4.69, 9.17) is 0 Å². The van der Waals surface area contributed by atoms with Gasteiger partial charge in [-0.05, 0) is 39.8 Å². The van der Waals surface area contributed by atoms with Crippen molar-refractivity contribution in [3.63, 3.8) is 0 Å². The third kappa shape index (κ3) is 5.89. The number of nitrogens with one attached hydrogen (secondary N) is 1. The monoisotopic (exact) mass is 333 g/mol. The highest BCUT2D eigenvalue weighted by Gasteiger charge is 2.28. The number of carbonyl (C=O) groups excluding carboxylic acids is 1. The van der Waals surface area contributed by atoms with Crippen LogP contribution in [0.25, 0.3) is 0 Å². The molecular weight excluding hydrogens is 302 g/mol. The largest absolute Gasteiger partial charge is 0.389 e. The maximum atomic E-state index is 12.4. The van der Waals surface area contributed by atoms with Gasteiger partial charge in [0, 0.05) is 32.2 Å². The summed E-state index contributed by atoms with van der Waals surface area (Å²) in [5.41, 5.74) is 0.506. The lowest BCUT2D eigenvalue weighted by atomic mass is 10.1. The van der Waals surface area contributed by atoms with Crippen LogP contribution in [0.3, 0.4) is 0 Å². The van der Waals surface area contributed by atoms with E-state index in [1.165, 1.54) is 5.56 Å². The molecule has 2 rings (SSSR count). The molecule has 1 amide bonds. The van der Waals surface area contributed by atoms with E-state index in [0.717, 1.165) is 26.1 Å². The van der Waals surface area contributed by atoms with Crippen LogP contribution in [0.1, 0.15) is 32.8 Å². The molecule has 1 aromatic carbocycles. The van der Waals surface area contributed by atoms with Gasteiger partial charge in [0.1, 0.15) is 0 Å². The first-order valence-corrected chi connectivity index (χ1v) is 8.74. The average molecular weight is 333 g/mol. The Morgan fingerprint density at radius 2 is 2.08 bits per heavy atom. The second-order valence-electron chi connectivity index (χ2n) is 7.62. The van der Waals surface area contributed by atoms with Crippen LogP contribution in [0.2, 0.25) is 0 Å². The molecular formula is C19H31N3O2. The number of hydrogen-bond acceptors (Lipinski definition) is 4. The normalized spacial score (nSPS) is 20.3. The fraction of sp³-hybridized carbons (Fsp3) is 0.632. The molecule has 24 heavy (non-hydrogen) atoms. The fourth-order valence-electron chi connectivity index (χ4n) is 3.20. The van der Waals surface area contributed by atoms with E-state index in [-0.39, 0.29) is 18.0 Å². The zero-order chi connectivity index (χ0) is 17.7. The lowest BCUT2D eigenvalue weighted by molar-refractivity contribution is -0.126. The number of benzene rings is 1. The molecule has 134 valence electrons.